The van der Waals surface area contributed by atoms with E-state index in [-0.39, 0.29) is 34.5 Å². The van der Waals surface area contributed by atoms with Gasteiger partial charge in [-0.05, 0) is 40.5 Å². The minimum Gasteiger partial charge on any atom is -0.357 e. The predicted octanol–water partition coefficient (Wildman–Crippen LogP) is 1.22. The Labute approximate surface area is 184 Å². The molecule has 0 spiro atoms. The summed E-state index contributed by atoms with van der Waals surface area (Å²) >= 11 is 0. The Morgan fingerprint density at radius 2 is 1.85 bits per heavy atom. The summed E-state index contributed by atoms with van der Waals surface area (Å²) in [6, 6.07) is 0.329. The van der Waals surface area contributed by atoms with E-state index in [0.29, 0.717) is 24.9 Å². The zero-order valence-corrected chi connectivity index (χ0v) is 21.2. The van der Waals surface area contributed by atoms with E-state index in [2.05, 4.69) is 20.5 Å². The second kappa shape index (κ2) is 12.6. The van der Waals surface area contributed by atoms with Crippen molar-refractivity contribution in [3.05, 3.63) is 0 Å². The zero-order chi connectivity index (χ0) is 19.8. The lowest BCUT2D eigenvalue weighted by molar-refractivity contribution is 0.216. The van der Waals surface area contributed by atoms with Gasteiger partial charge in [-0.3, -0.25) is 9.20 Å². The second-order valence-electron chi connectivity index (χ2n) is 7.81. The topological polar surface area (TPSA) is 90.9 Å². The fourth-order valence-electron chi connectivity index (χ4n) is 2.66. The number of hydrogen-bond acceptors (Lipinski definition) is 5. The molecule has 0 aromatic carbocycles. The lowest BCUT2D eigenvalue weighted by Gasteiger charge is -2.32. The van der Waals surface area contributed by atoms with Gasteiger partial charge in [0.1, 0.15) is 9.84 Å². The highest BCUT2D eigenvalue weighted by Crippen LogP contribution is 2.12. The SMILES string of the molecule is CCNC(=NCCS(=O)C(C)(C)C)NC1CCN(CCS(C)(=O)=O)CC1.I. The molecule has 1 fully saturated rings. The molecule has 0 amide bonds. The first-order valence-corrected chi connectivity index (χ1v) is 12.7. The smallest absolute Gasteiger partial charge is 0.191 e. The largest absolute Gasteiger partial charge is 0.357 e. The van der Waals surface area contributed by atoms with Crippen LogP contribution in [0.5, 0.6) is 0 Å². The van der Waals surface area contributed by atoms with Crippen LogP contribution in [-0.2, 0) is 20.6 Å². The van der Waals surface area contributed by atoms with Crippen molar-refractivity contribution in [3.63, 3.8) is 0 Å². The Morgan fingerprint density at radius 3 is 2.33 bits per heavy atom. The summed E-state index contributed by atoms with van der Waals surface area (Å²) < 4.78 is 34.5. The third-order valence-corrected chi connectivity index (χ3v) is 7.12. The molecule has 0 saturated carbocycles. The van der Waals surface area contributed by atoms with Crippen molar-refractivity contribution in [2.24, 2.45) is 4.99 Å². The lowest BCUT2D eigenvalue weighted by atomic mass is 10.1. The van der Waals surface area contributed by atoms with Crippen LogP contribution in [0.1, 0.15) is 40.5 Å². The highest BCUT2D eigenvalue weighted by atomic mass is 127. The van der Waals surface area contributed by atoms with Crippen LogP contribution in [-0.4, -0.2) is 84.8 Å². The molecule has 0 aliphatic carbocycles. The zero-order valence-electron chi connectivity index (χ0n) is 17.3. The third kappa shape index (κ3) is 12.3. The normalized spacial score (nSPS) is 18.6. The van der Waals surface area contributed by atoms with E-state index < -0.39 is 20.6 Å². The van der Waals surface area contributed by atoms with E-state index in [1.54, 1.807) is 0 Å². The standard InChI is InChI=1S/C17H36N4O3S2.HI/c1-6-18-16(19-9-13-25(22)17(2,3)4)20-15-7-10-21(11-8-15)12-14-26(5,23)24;/h15H,6-14H2,1-5H3,(H2,18,19,20);1H. The van der Waals surface area contributed by atoms with Crippen molar-refractivity contribution < 1.29 is 12.6 Å². The Morgan fingerprint density at radius 1 is 1.26 bits per heavy atom. The summed E-state index contributed by atoms with van der Waals surface area (Å²) in [5, 5.41) is 6.70. The van der Waals surface area contributed by atoms with Gasteiger partial charge in [0.05, 0.1) is 12.3 Å². The fraction of sp³-hybridized carbons (Fsp3) is 0.941. The Hall–Kier alpha value is 0.0600. The molecule has 7 nitrogen and oxygen atoms in total. The molecular formula is C17H37IN4O3S2. The molecule has 1 atom stereocenters. The molecule has 2 N–H and O–H groups in total. The van der Waals surface area contributed by atoms with Gasteiger partial charge in [0.2, 0.25) is 0 Å². The molecule has 0 radical (unpaired) electrons. The Kier molecular flexibility index (Phi) is 12.6. The minimum atomic E-state index is -2.90. The van der Waals surface area contributed by atoms with Gasteiger partial charge in [-0.15, -0.1) is 24.0 Å². The van der Waals surface area contributed by atoms with Crippen LogP contribution in [0.15, 0.2) is 4.99 Å². The average Bonchev–Trinajstić information content (AvgIpc) is 2.52. The monoisotopic (exact) mass is 536 g/mol. The van der Waals surface area contributed by atoms with E-state index in [1.165, 1.54) is 6.26 Å². The van der Waals surface area contributed by atoms with Crippen LogP contribution < -0.4 is 10.6 Å². The van der Waals surface area contributed by atoms with Gasteiger partial charge >= 0.3 is 0 Å². The number of hydrogen-bond donors (Lipinski definition) is 2. The molecular weight excluding hydrogens is 499 g/mol. The number of rotatable bonds is 8. The van der Waals surface area contributed by atoms with E-state index >= 15 is 0 Å². The Bertz CT molecular complexity index is 583. The third-order valence-electron chi connectivity index (χ3n) is 4.28. The minimum absolute atomic E-state index is 0. The van der Waals surface area contributed by atoms with Crippen molar-refractivity contribution in [1.82, 2.24) is 15.5 Å². The summed E-state index contributed by atoms with van der Waals surface area (Å²) in [5.41, 5.74) is 0. The second-order valence-corrected chi connectivity index (χ2v) is 12.4. The molecule has 1 aliphatic heterocycles. The van der Waals surface area contributed by atoms with Gasteiger partial charge < -0.3 is 15.5 Å². The molecule has 162 valence electrons. The maximum absolute atomic E-state index is 12.1. The van der Waals surface area contributed by atoms with Crippen LogP contribution in [0.25, 0.3) is 0 Å². The summed E-state index contributed by atoms with van der Waals surface area (Å²) in [6.07, 6.45) is 3.21. The first kappa shape index (κ1) is 27.1. The van der Waals surface area contributed by atoms with E-state index in [0.717, 1.165) is 38.4 Å². The van der Waals surface area contributed by atoms with Crippen LogP contribution >= 0.6 is 24.0 Å². The summed E-state index contributed by atoms with van der Waals surface area (Å²) in [7, 11) is -3.80. The summed E-state index contributed by atoms with van der Waals surface area (Å²) in [6.45, 7) is 11.7. The maximum atomic E-state index is 12.1. The van der Waals surface area contributed by atoms with Crippen molar-refractivity contribution in [2.45, 2.75) is 51.3 Å². The molecule has 0 bridgehead atoms. The van der Waals surface area contributed by atoms with E-state index in [4.69, 9.17) is 0 Å². The molecule has 0 aromatic rings. The quantitative estimate of drug-likeness (QED) is 0.276. The molecule has 27 heavy (non-hydrogen) atoms. The number of aliphatic imine (C=N–C) groups is 1. The predicted molar refractivity (Wildman–Crippen MR) is 126 cm³/mol. The number of nitrogens with one attached hydrogen (secondary N) is 2. The first-order chi connectivity index (χ1) is 12.0. The van der Waals surface area contributed by atoms with Crippen molar-refractivity contribution in [2.75, 3.05) is 50.5 Å². The Balaban J connectivity index is 0.00000676. The van der Waals surface area contributed by atoms with E-state index in [9.17, 15) is 12.6 Å². The van der Waals surface area contributed by atoms with Crippen LogP contribution in [0.4, 0.5) is 0 Å². The summed E-state index contributed by atoms with van der Waals surface area (Å²) in [4.78, 5) is 6.76. The molecule has 1 saturated heterocycles. The molecule has 1 heterocycles. The van der Waals surface area contributed by atoms with Gasteiger partial charge in [-0.1, -0.05) is 0 Å². The molecule has 1 aliphatic rings. The van der Waals surface area contributed by atoms with Crippen molar-refractivity contribution in [1.29, 1.82) is 0 Å². The average molecular weight is 537 g/mol. The van der Waals surface area contributed by atoms with Gasteiger partial charge in [0, 0.05) is 59.8 Å². The number of piperidine rings is 1. The lowest BCUT2D eigenvalue weighted by Crippen LogP contribution is -2.49. The molecule has 0 aromatic heterocycles. The number of likely N-dealkylation sites (tertiary alicyclic amines) is 1. The van der Waals surface area contributed by atoms with Crippen molar-refractivity contribution >= 4 is 50.6 Å². The molecule has 10 heteroatoms. The van der Waals surface area contributed by atoms with Crippen LogP contribution in [0.2, 0.25) is 0 Å². The highest BCUT2D eigenvalue weighted by Gasteiger charge is 2.21. The summed E-state index contributed by atoms with van der Waals surface area (Å²) in [5.74, 6) is 1.55. The number of nitrogens with zero attached hydrogens (tertiary/aromatic N) is 2. The number of halogens is 1. The van der Waals surface area contributed by atoms with Gasteiger partial charge in [-0.25, -0.2) is 8.42 Å². The first-order valence-electron chi connectivity index (χ1n) is 9.34. The molecule has 1 unspecified atom stereocenters. The highest BCUT2D eigenvalue weighted by molar-refractivity contribution is 14.0. The van der Waals surface area contributed by atoms with E-state index in [1.807, 2.05) is 27.7 Å². The van der Waals surface area contributed by atoms with Gasteiger partial charge in [-0.2, -0.15) is 0 Å². The fourth-order valence-corrected chi connectivity index (χ4v) is 4.12. The van der Waals surface area contributed by atoms with Crippen LogP contribution in [0, 0.1) is 0 Å². The van der Waals surface area contributed by atoms with Crippen LogP contribution in [0.3, 0.4) is 0 Å². The molecule has 1 rings (SSSR count). The maximum Gasteiger partial charge on any atom is 0.191 e. The number of sulfone groups is 1. The van der Waals surface area contributed by atoms with Crippen molar-refractivity contribution in [3.8, 4) is 0 Å². The number of guanidine groups is 1. The van der Waals surface area contributed by atoms with Gasteiger partial charge in [0.25, 0.3) is 0 Å². The van der Waals surface area contributed by atoms with Gasteiger partial charge in [0.15, 0.2) is 5.96 Å².